The first-order valence-electron chi connectivity index (χ1n) is 18.2. The van der Waals surface area contributed by atoms with Gasteiger partial charge in [-0.1, -0.05) is 39.7 Å². The standard InChI is InChI=1S/C36H50N8O7S/c1-6-9-22-20-36(22,33(47)42-52(49,50)26-16-17-26)39-32(46)28-19-24(44-41-31(40-43-44)21-12-14-25(51-5)15-13-21)18-27(28)29(45)30(35(2,3)4)38-34(48)37-23-10-7-8-11-23/h6,12-15,22-24,26-28,30H,1,7-11,16-20H2,2-5H3,(H,39,46)(H,42,47)(H2,37,38,48)/t22-,24+,27?,28-,30?,36+/m1/s1. The molecule has 0 aliphatic heterocycles. The van der Waals surface area contributed by atoms with Crippen LogP contribution in [0, 0.1) is 23.2 Å². The highest BCUT2D eigenvalue weighted by atomic mass is 32.2. The molecule has 4 aliphatic carbocycles. The van der Waals surface area contributed by atoms with Gasteiger partial charge in [-0.2, -0.15) is 4.80 Å². The maximum Gasteiger partial charge on any atom is 0.315 e. The predicted molar refractivity (Wildman–Crippen MR) is 191 cm³/mol. The number of benzene rings is 1. The number of aromatic nitrogens is 4. The summed E-state index contributed by atoms with van der Waals surface area (Å²) in [5.41, 5.74) is -1.47. The Bertz CT molecular complexity index is 1800. The molecule has 6 atom stereocenters. The van der Waals surface area contributed by atoms with E-state index in [0.717, 1.165) is 25.7 Å². The van der Waals surface area contributed by atoms with Crippen molar-refractivity contribution < 1.29 is 32.3 Å². The lowest BCUT2D eigenvalue weighted by molar-refractivity contribution is -0.137. The fourth-order valence-corrected chi connectivity index (χ4v) is 9.06. The maximum absolute atomic E-state index is 14.6. The number of ketones is 1. The van der Waals surface area contributed by atoms with Crippen LogP contribution >= 0.6 is 0 Å². The number of Topliss-reactive ketones (excluding diaryl/α,β-unsaturated/α-hetero) is 1. The Kier molecular flexibility index (Phi) is 10.5. The lowest BCUT2D eigenvalue weighted by Crippen LogP contribution is -2.57. The molecule has 1 aromatic heterocycles. The highest BCUT2D eigenvalue weighted by Crippen LogP contribution is 2.49. The Morgan fingerprint density at radius 3 is 2.35 bits per heavy atom. The molecule has 282 valence electrons. The van der Waals surface area contributed by atoms with Crippen LogP contribution in [-0.2, 0) is 24.4 Å². The molecule has 0 bridgehead atoms. The number of sulfonamides is 1. The van der Waals surface area contributed by atoms with Crippen LogP contribution in [0.3, 0.4) is 0 Å². The third-order valence-corrected chi connectivity index (χ3v) is 12.8. The van der Waals surface area contributed by atoms with Crippen LogP contribution in [0.15, 0.2) is 36.9 Å². The largest absolute Gasteiger partial charge is 0.497 e. The first kappa shape index (κ1) is 37.4. The summed E-state index contributed by atoms with van der Waals surface area (Å²) in [5.74, 6) is -2.81. The molecule has 0 radical (unpaired) electrons. The van der Waals surface area contributed by atoms with E-state index in [0.29, 0.717) is 36.4 Å². The van der Waals surface area contributed by atoms with E-state index in [-0.39, 0.29) is 37.0 Å². The molecule has 52 heavy (non-hydrogen) atoms. The molecule has 1 aromatic carbocycles. The fourth-order valence-electron chi connectivity index (χ4n) is 7.69. The molecule has 6 rings (SSSR count). The van der Waals surface area contributed by atoms with Gasteiger partial charge in [0.1, 0.15) is 11.3 Å². The van der Waals surface area contributed by atoms with Crippen LogP contribution in [0.4, 0.5) is 4.79 Å². The number of carbonyl (C=O) groups excluding carboxylic acids is 4. The van der Waals surface area contributed by atoms with Crippen LogP contribution < -0.4 is 25.4 Å². The zero-order valence-electron chi connectivity index (χ0n) is 30.3. The minimum Gasteiger partial charge on any atom is -0.497 e. The number of allylic oxidation sites excluding steroid dienone is 1. The van der Waals surface area contributed by atoms with Gasteiger partial charge in [0, 0.05) is 23.4 Å². The highest BCUT2D eigenvalue weighted by Gasteiger charge is 2.62. The second-order valence-electron chi connectivity index (χ2n) is 15.9. The van der Waals surface area contributed by atoms with Gasteiger partial charge in [0.15, 0.2) is 5.78 Å². The maximum atomic E-state index is 14.6. The lowest BCUT2D eigenvalue weighted by Gasteiger charge is -2.34. The van der Waals surface area contributed by atoms with Gasteiger partial charge in [0.25, 0.3) is 5.91 Å². The number of hydrogen-bond donors (Lipinski definition) is 4. The molecular weight excluding hydrogens is 689 g/mol. The highest BCUT2D eigenvalue weighted by molar-refractivity contribution is 7.91. The third-order valence-electron chi connectivity index (χ3n) is 11.0. The van der Waals surface area contributed by atoms with Crippen molar-refractivity contribution in [2.45, 2.75) is 114 Å². The van der Waals surface area contributed by atoms with Crippen molar-refractivity contribution in [3.8, 4) is 17.1 Å². The molecule has 4 N–H and O–H groups in total. The van der Waals surface area contributed by atoms with E-state index in [4.69, 9.17) is 4.74 Å². The van der Waals surface area contributed by atoms with Gasteiger partial charge in [-0.3, -0.25) is 19.1 Å². The molecule has 0 saturated heterocycles. The smallest absolute Gasteiger partial charge is 0.315 e. The Balaban J connectivity index is 1.27. The Hall–Kier alpha value is -4.34. The first-order chi connectivity index (χ1) is 24.6. The van der Waals surface area contributed by atoms with Crippen molar-refractivity contribution in [3.63, 3.8) is 0 Å². The van der Waals surface area contributed by atoms with Crippen molar-refractivity contribution in [3.05, 3.63) is 36.9 Å². The summed E-state index contributed by atoms with van der Waals surface area (Å²) in [6.07, 6.45) is 7.34. The second-order valence-corrected chi connectivity index (χ2v) is 17.8. The number of rotatable bonds is 14. The molecule has 4 amide bonds. The topological polar surface area (TPSA) is 203 Å². The van der Waals surface area contributed by atoms with Gasteiger partial charge >= 0.3 is 6.03 Å². The van der Waals surface area contributed by atoms with E-state index >= 15 is 0 Å². The van der Waals surface area contributed by atoms with Gasteiger partial charge in [-0.15, -0.1) is 16.8 Å². The van der Waals surface area contributed by atoms with Crippen molar-refractivity contribution in [2.24, 2.45) is 23.2 Å². The number of amides is 4. The Morgan fingerprint density at radius 2 is 1.73 bits per heavy atom. The van der Waals surface area contributed by atoms with Crippen LogP contribution in [0.2, 0.25) is 0 Å². The Labute approximate surface area is 304 Å². The summed E-state index contributed by atoms with van der Waals surface area (Å²) < 4.78 is 33.0. The van der Waals surface area contributed by atoms with Crippen LogP contribution in [0.5, 0.6) is 5.75 Å². The predicted octanol–water partition coefficient (Wildman–Crippen LogP) is 3.20. The fraction of sp³-hybridized carbons (Fsp3) is 0.639. The number of urea groups is 1. The number of carbonyl (C=O) groups is 4. The van der Waals surface area contributed by atoms with E-state index in [1.54, 1.807) is 37.5 Å². The number of tetrazole rings is 1. The molecule has 4 fully saturated rings. The van der Waals surface area contributed by atoms with Gasteiger partial charge < -0.3 is 20.7 Å². The van der Waals surface area contributed by atoms with Crippen molar-refractivity contribution >= 4 is 33.7 Å². The molecule has 0 spiro atoms. The van der Waals surface area contributed by atoms with E-state index in [2.05, 4.69) is 42.7 Å². The minimum absolute atomic E-state index is 0.0384. The summed E-state index contributed by atoms with van der Waals surface area (Å²) >= 11 is 0. The van der Waals surface area contributed by atoms with E-state index < -0.39 is 68.0 Å². The van der Waals surface area contributed by atoms with Crippen molar-refractivity contribution in [1.29, 1.82) is 0 Å². The summed E-state index contributed by atoms with van der Waals surface area (Å²) in [4.78, 5) is 57.2. The molecule has 15 nitrogen and oxygen atoms in total. The number of ether oxygens (including phenoxy) is 1. The van der Waals surface area contributed by atoms with E-state index in [1.165, 1.54) is 4.80 Å². The normalized spacial score (nSPS) is 26.6. The molecule has 2 aromatic rings. The number of nitrogens with zero attached hydrogens (tertiary/aromatic N) is 4. The van der Waals surface area contributed by atoms with Gasteiger partial charge in [0.05, 0.1) is 24.4 Å². The zero-order chi connectivity index (χ0) is 37.4. The van der Waals surface area contributed by atoms with Crippen molar-refractivity contribution in [1.82, 2.24) is 40.9 Å². The summed E-state index contributed by atoms with van der Waals surface area (Å²) in [6.45, 7) is 9.34. The molecule has 1 heterocycles. The lowest BCUT2D eigenvalue weighted by atomic mass is 9.77. The number of nitrogens with one attached hydrogen (secondary N) is 4. The number of methoxy groups -OCH3 is 1. The van der Waals surface area contributed by atoms with Crippen LogP contribution in [0.1, 0.15) is 91.0 Å². The molecular formula is C36H50N8O7S. The van der Waals surface area contributed by atoms with E-state index in [9.17, 15) is 27.6 Å². The average Bonchev–Trinajstić information content (AvgIpc) is 3.84. The first-order valence-corrected chi connectivity index (χ1v) is 19.7. The molecule has 2 unspecified atom stereocenters. The monoisotopic (exact) mass is 738 g/mol. The third kappa shape index (κ3) is 8.01. The van der Waals surface area contributed by atoms with Gasteiger partial charge in [-0.25, -0.2) is 13.2 Å². The zero-order valence-corrected chi connectivity index (χ0v) is 31.1. The minimum atomic E-state index is -3.88. The summed E-state index contributed by atoms with van der Waals surface area (Å²) in [7, 11) is -2.30. The summed E-state index contributed by atoms with van der Waals surface area (Å²) in [5, 5.41) is 21.3. The quantitative estimate of drug-likeness (QED) is 0.209. The average molecular weight is 739 g/mol. The van der Waals surface area contributed by atoms with Gasteiger partial charge in [-0.05, 0) is 92.2 Å². The second kappa shape index (κ2) is 14.6. The SMILES string of the molecule is C=CC[C@@H]1C[C@@]1(NC(=O)[C@@H]1C[C@@H](n2nnc(-c3ccc(OC)cc3)n2)CC1C(=O)C(NC(=O)NC1CCCC1)C(C)(C)C)C(=O)NS(=O)(=O)C1CC1. The van der Waals surface area contributed by atoms with Gasteiger partial charge in [0.2, 0.25) is 21.8 Å². The summed E-state index contributed by atoms with van der Waals surface area (Å²) in [6, 6.07) is 5.31. The molecule has 16 heteroatoms. The van der Waals surface area contributed by atoms with Crippen LogP contribution in [0.25, 0.3) is 11.4 Å². The van der Waals surface area contributed by atoms with Crippen molar-refractivity contribution in [2.75, 3.05) is 7.11 Å². The van der Waals surface area contributed by atoms with Crippen LogP contribution in [-0.4, -0.2) is 82.2 Å². The Morgan fingerprint density at radius 1 is 1.06 bits per heavy atom. The van der Waals surface area contributed by atoms with E-state index in [1.807, 2.05) is 20.8 Å². The molecule has 4 saturated carbocycles. The molecule has 4 aliphatic rings. The number of hydrogen-bond acceptors (Lipinski definition) is 10.